The molecule has 0 N–H and O–H groups in total. The van der Waals surface area contributed by atoms with Crippen LogP contribution in [0.5, 0.6) is 0 Å². The monoisotopic (exact) mass is 1070 g/mol. The molecule has 0 saturated heterocycles. The fraction of sp³-hybridized carbons (Fsp3) is 0.270. The minimum Gasteiger partial charge on any atom is -0.454 e. The molecular formula is C74H71BN4O. The molecule has 0 spiro atoms. The van der Waals surface area contributed by atoms with E-state index >= 15 is 0 Å². The molecule has 6 heteroatoms. The third kappa shape index (κ3) is 6.83. The van der Waals surface area contributed by atoms with Crippen molar-refractivity contribution in [2.45, 2.75) is 131 Å². The van der Waals surface area contributed by atoms with Crippen LogP contribution in [0, 0.1) is 0 Å². The predicted molar refractivity (Wildman–Crippen MR) is 343 cm³/mol. The Hall–Kier alpha value is -7.96. The number of hydrogen-bond acceptors (Lipinski definition) is 3. The van der Waals surface area contributed by atoms with Crippen LogP contribution in [-0.2, 0) is 27.1 Å². The summed E-state index contributed by atoms with van der Waals surface area (Å²) in [5.74, 6) is 0. The van der Waals surface area contributed by atoms with Gasteiger partial charge in [-0.2, -0.15) is 0 Å². The number of fused-ring (bicyclic) bond motifs is 15. The fourth-order valence-electron chi connectivity index (χ4n) is 11.5. The molecule has 3 aliphatic heterocycles. The predicted octanol–water partition coefficient (Wildman–Crippen LogP) is 18.7. The Morgan fingerprint density at radius 2 is 0.863 bits per heavy atom. The van der Waals surface area contributed by atoms with Crippen molar-refractivity contribution in [1.82, 2.24) is 9.13 Å². The summed E-state index contributed by atoms with van der Waals surface area (Å²) in [5, 5.41) is -1.27. The van der Waals surface area contributed by atoms with Crippen molar-refractivity contribution in [2.75, 3.05) is 9.80 Å². The van der Waals surface area contributed by atoms with Crippen molar-refractivity contribution in [3.8, 4) is 11.4 Å². The molecule has 0 bridgehead atoms. The molecule has 0 atom stereocenters. The molecule has 80 heavy (non-hydrogen) atoms. The Morgan fingerprint density at radius 3 is 1.48 bits per heavy atom. The van der Waals surface area contributed by atoms with Crippen LogP contribution in [0.15, 0.2) is 162 Å². The smallest absolute Gasteiger partial charge is 0.252 e. The van der Waals surface area contributed by atoms with Gasteiger partial charge in [0, 0.05) is 55.1 Å². The Bertz CT molecular complexity index is 6180. The first-order valence-corrected chi connectivity index (χ1v) is 27.0. The summed E-state index contributed by atoms with van der Waals surface area (Å²) in [5.41, 5.74) is -12.0. The van der Waals surface area contributed by atoms with Gasteiger partial charge in [0.05, 0.1) is 80.5 Å². The van der Waals surface area contributed by atoms with Gasteiger partial charge in [-0.05, 0) is 162 Å². The van der Waals surface area contributed by atoms with E-state index < -0.39 is 216 Å². The first kappa shape index (κ1) is 29.0. The number of benzene rings is 9. The van der Waals surface area contributed by atoms with E-state index in [0.29, 0.717) is 0 Å². The zero-order valence-electron chi connectivity index (χ0n) is 73.3. The number of rotatable bonds is 2. The van der Waals surface area contributed by atoms with Gasteiger partial charge in [-0.25, -0.2) is 0 Å². The summed E-state index contributed by atoms with van der Waals surface area (Å²) in [6.07, 6.45) is 0. The van der Waals surface area contributed by atoms with Crippen LogP contribution in [0.2, 0.25) is 0 Å². The van der Waals surface area contributed by atoms with Crippen LogP contribution in [0.4, 0.5) is 34.1 Å². The van der Waals surface area contributed by atoms with Crippen molar-refractivity contribution in [1.29, 1.82) is 0 Å². The van der Waals surface area contributed by atoms with Gasteiger partial charge in [0.2, 0.25) is 0 Å². The second-order valence-corrected chi connectivity index (χ2v) is 26.6. The molecule has 0 radical (unpaired) electrons. The third-order valence-electron chi connectivity index (χ3n) is 15.7. The molecular weight excluding hydrogens is 972 g/mol. The topological polar surface area (TPSA) is 29.5 Å². The van der Waals surface area contributed by atoms with Gasteiger partial charge >= 0.3 is 0 Å². The van der Waals surface area contributed by atoms with Crippen LogP contribution < -0.4 is 26.2 Å². The number of furan rings is 1. The summed E-state index contributed by atoms with van der Waals surface area (Å²) in [7, 11) is 0. The van der Waals surface area contributed by atoms with E-state index in [0.717, 1.165) is 9.47 Å². The average molecular weight is 1070 g/mol. The molecule has 3 aromatic heterocycles. The van der Waals surface area contributed by atoms with Crippen molar-refractivity contribution >= 4 is 123 Å². The summed E-state index contributed by atoms with van der Waals surface area (Å²) in [6.45, 7) is 24.1. The first-order chi connectivity index (χ1) is 48.8. The molecule has 396 valence electrons. The van der Waals surface area contributed by atoms with E-state index in [9.17, 15) is 32.9 Å². The average Bonchev–Trinajstić information content (AvgIpc) is 0.977. The highest BCUT2D eigenvalue weighted by molar-refractivity contribution is 7.00. The number of nitrogens with zero attached hydrogens (tertiary/aromatic N) is 4. The van der Waals surface area contributed by atoms with E-state index in [1.54, 1.807) is 104 Å². The minimum atomic E-state index is -1.91. The Kier molecular flexibility index (Phi) is 5.76. The van der Waals surface area contributed by atoms with Gasteiger partial charge < -0.3 is 23.4 Å². The molecule has 12 aromatic rings. The maximum atomic E-state index is 11.3. The van der Waals surface area contributed by atoms with Crippen molar-refractivity contribution < 1.29 is 40.1 Å². The van der Waals surface area contributed by atoms with E-state index in [2.05, 4.69) is 0 Å². The lowest BCUT2D eigenvalue weighted by molar-refractivity contribution is 0.590. The molecule has 0 unspecified atom stereocenters. The van der Waals surface area contributed by atoms with Crippen molar-refractivity contribution in [2.24, 2.45) is 0 Å². The molecule has 5 nitrogen and oxygen atoms in total. The zero-order valence-corrected chi connectivity index (χ0v) is 47.3. The summed E-state index contributed by atoms with van der Waals surface area (Å²) in [6, 6.07) is -16.3. The summed E-state index contributed by atoms with van der Waals surface area (Å²) >= 11 is 0. The molecule has 3 aliphatic rings. The maximum Gasteiger partial charge on any atom is 0.252 e. The van der Waals surface area contributed by atoms with Crippen LogP contribution >= 0.6 is 0 Å². The molecule has 0 aliphatic carbocycles. The summed E-state index contributed by atoms with van der Waals surface area (Å²) < 4.78 is 272. The molecule has 0 saturated carbocycles. The quantitative estimate of drug-likeness (QED) is 0.162. The zero-order chi connectivity index (χ0) is 78.3. The normalized spacial score (nSPS) is 18.9. The molecule has 0 fully saturated rings. The van der Waals surface area contributed by atoms with E-state index in [1.165, 1.54) is 9.47 Å². The Morgan fingerprint density at radius 1 is 0.362 bits per heavy atom. The highest BCUT2D eigenvalue weighted by atomic mass is 16.3. The number of aromatic nitrogens is 2. The molecule has 9 aromatic carbocycles. The number of para-hydroxylation sites is 3. The largest absolute Gasteiger partial charge is 0.454 e. The lowest BCUT2D eigenvalue weighted by atomic mass is 9.33. The van der Waals surface area contributed by atoms with Gasteiger partial charge in [-0.15, -0.1) is 0 Å². The second-order valence-electron chi connectivity index (χ2n) is 26.6. The number of anilines is 6. The highest BCUT2D eigenvalue weighted by Crippen LogP contribution is 2.55. The van der Waals surface area contributed by atoms with Gasteiger partial charge in [0.1, 0.15) is 5.58 Å². The van der Waals surface area contributed by atoms with Crippen LogP contribution in [0.1, 0.15) is 167 Å². The summed E-state index contributed by atoms with van der Waals surface area (Å²) in [4.78, 5) is 2.51. The lowest BCUT2D eigenvalue weighted by Gasteiger charge is -2.47. The van der Waals surface area contributed by atoms with Crippen LogP contribution in [0.3, 0.4) is 0 Å². The van der Waals surface area contributed by atoms with Crippen LogP contribution in [-0.4, -0.2) is 15.8 Å². The first-order valence-electron chi connectivity index (χ1n) is 40.0. The van der Waals surface area contributed by atoms with Crippen molar-refractivity contribution in [3.63, 3.8) is 0 Å². The standard InChI is InChI=1S/C74H71BN4O/c1-70(2,3)42-26-31-56-50(34-42)51-35-43(71(4,5)6)27-32-57(51)76(56)47-29-30-54-61(41-47)77(60-24-18-21-49-48-20-16-17-25-65(48)80-69(49)60)62-38-46(74(13,14)15)39-63-66(62)75(54)55-22-19-23-59-68(55)79(63)64-40-45(73(10,11)12)37-53-52-36-44(72(7,8)9)28-33-58(52)78(59)67(53)64/h16-41H,1-15H3/i16D,17D,18D,19D,20D,21D,22D,23D,24D,25D,26D,27D,28D,29D,30D,31D,32D,33D,34D,35D,36D,37D,38D,39D,40D,41D. The SMILES string of the molecule is [2H]c1c([2H])c2c3c(c1[2H])-n1c4c([2H])c([2H])c(C(C)(C)C)c([2H])c4c4c([2H])c(C(C)(C)C)c([2H])c(c41)N3c1c([2H])c(C(C)(C)C)c([2H])c3c1B2c1c([2H])c([2H])c(-n2c4c([2H])c([2H])c(C(C)(C)C)c([2H])c4c4c([2H])c(C(C)(C)C)c([2H])c([2H])c42)c([2H])c1N3c1c([2H])c([2H])c([2H])c2c1oc1c([2H])c([2H])c([2H])c([2H])c12. The van der Waals surface area contributed by atoms with Gasteiger partial charge in [-0.1, -0.05) is 170 Å². The highest BCUT2D eigenvalue weighted by Gasteiger charge is 2.47. The van der Waals surface area contributed by atoms with E-state index in [-0.39, 0.29) is 130 Å². The van der Waals surface area contributed by atoms with E-state index in [4.69, 9.17) is 7.16 Å². The molecule has 15 rings (SSSR count). The fourth-order valence-corrected chi connectivity index (χ4v) is 11.5. The second kappa shape index (κ2) is 15.9. The minimum absolute atomic E-state index is 0.00532. The molecule has 6 heterocycles. The number of hydrogen-bond donors (Lipinski definition) is 0. The van der Waals surface area contributed by atoms with E-state index in [1.807, 2.05) is 0 Å². The molecule has 0 amide bonds. The lowest BCUT2D eigenvalue weighted by Crippen LogP contribution is -2.62. The van der Waals surface area contributed by atoms with Crippen LogP contribution in [0.25, 0.3) is 76.9 Å². The Labute approximate surface area is 508 Å². The van der Waals surface area contributed by atoms with Gasteiger partial charge in [-0.3, -0.25) is 0 Å². The maximum absolute atomic E-state index is 11.3. The Balaban J connectivity index is 1.26. The van der Waals surface area contributed by atoms with Gasteiger partial charge in [0.15, 0.2) is 5.58 Å². The van der Waals surface area contributed by atoms with Crippen molar-refractivity contribution in [3.05, 3.63) is 185 Å². The van der Waals surface area contributed by atoms with Gasteiger partial charge in [0.25, 0.3) is 6.71 Å². The third-order valence-corrected chi connectivity index (χ3v) is 15.7.